The van der Waals surface area contributed by atoms with E-state index in [1.54, 1.807) is 46.8 Å². The van der Waals surface area contributed by atoms with Crippen molar-refractivity contribution in [3.05, 3.63) is 58.7 Å². The van der Waals surface area contributed by atoms with Gasteiger partial charge in [0, 0.05) is 0 Å². The zero-order valence-electron chi connectivity index (χ0n) is 18.0. The van der Waals surface area contributed by atoms with Crippen LogP contribution in [-0.2, 0) is 19.5 Å². The summed E-state index contributed by atoms with van der Waals surface area (Å²) in [6, 6.07) is 8.96. The Kier molecular flexibility index (Phi) is 7.25. The van der Waals surface area contributed by atoms with Crippen LogP contribution in [0, 0.1) is 13.8 Å². The Morgan fingerprint density at radius 2 is 1.33 bits per heavy atom. The molecule has 0 aliphatic rings. The molecule has 2 rings (SSSR count). The number of hydrogen-bond donors (Lipinski definition) is 1. The first kappa shape index (κ1) is 23.4. The maximum atomic E-state index is 12.9. The summed E-state index contributed by atoms with van der Waals surface area (Å²) >= 11 is 0. The van der Waals surface area contributed by atoms with Crippen LogP contribution in [0.25, 0.3) is 0 Å². The summed E-state index contributed by atoms with van der Waals surface area (Å²) in [5.74, 6) is -1.34. The van der Waals surface area contributed by atoms with Crippen molar-refractivity contribution in [2.75, 3.05) is 4.72 Å². The minimum absolute atomic E-state index is 0.0419. The number of nitrogens with one attached hydrogen (secondary N) is 1. The Morgan fingerprint density at radius 3 is 1.77 bits per heavy atom. The van der Waals surface area contributed by atoms with Gasteiger partial charge in [-0.2, -0.15) is 0 Å². The lowest BCUT2D eigenvalue weighted by molar-refractivity contribution is 0.0377. The Hall–Kier alpha value is -2.87. The fraction of sp³-hybridized carbons (Fsp3) is 0.364. The topological polar surface area (TPSA) is 98.8 Å². The molecule has 2 aromatic rings. The number of carbonyl (C=O) groups is 2. The molecule has 162 valence electrons. The van der Waals surface area contributed by atoms with E-state index in [9.17, 15) is 18.0 Å². The van der Waals surface area contributed by atoms with Gasteiger partial charge in [-0.3, -0.25) is 4.72 Å². The number of rotatable bonds is 7. The summed E-state index contributed by atoms with van der Waals surface area (Å²) in [7, 11) is -3.95. The average Bonchev–Trinajstić information content (AvgIpc) is 2.59. The van der Waals surface area contributed by atoms with E-state index in [0.717, 1.165) is 5.56 Å². The second-order valence-corrected chi connectivity index (χ2v) is 9.23. The standard InChI is InChI=1S/C22H27NO6S/c1-13(2)28-21(24)17-10-18(22(25)29-14(3)4)12-19(11-17)23-30(26,27)20-8-7-15(5)9-16(20)6/h7-14,23H,1-6H3. The van der Waals surface area contributed by atoms with Crippen LogP contribution in [0.3, 0.4) is 0 Å². The van der Waals surface area contributed by atoms with Crippen molar-refractivity contribution >= 4 is 27.6 Å². The maximum Gasteiger partial charge on any atom is 0.338 e. The number of esters is 2. The highest BCUT2D eigenvalue weighted by Crippen LogP contribution is 2.23. The molecule has 0 unspecified atom stereocenters. The lowest BCUT2D eigenvalue weighted by Crippen LogP contribution is -2.18. The predicted octanol–water partition coefficient (Wildman–Crippen LogP) is 4.23. The smallest absolute Gasteiger partial charge is 0.338 e. The fourth-order valence-electron chi connectivity index (χ4n) is 2.80. The normalized spacial score (nSPS) is 11.5. The Labute approximate surface area is 177 Å². The average molecular weight is 434 g/mol. The van der Waals surface area contributed by atoms with Crippen molar-refractivity contribution < 1.29 is 27.5 Å². The maximum absolute atomic E-state index is 12.9. The molecule has 0 saturated carbocycles. The van der Waals surface area contributed by atoms with E-state index in [-0.39, 0.29) is 33.9 Å². The number of ether oxygens (including phenoxy) is 2. The van der Waals surface area contributed by atoms with Gasteiger partial charge < -0.3 is 9.47 Å². The van der Waals surface area contributed by atoms with Gasteiger partial charge in [-0.1, -0.05) is 17.7 Å². The lowest BCUT2D eigenvalue weighted by atomic mass is 10.1. The zero-order chi connectivity index (χ0) is 22.6. The minimum Gasteiger partial charge on any atom is -0.459 e. The van der Waals surface area contributed by atoms with E-state index < -0.39 is 22.0 Å². The third-order valence-electron chi connectivity index (χ3n) is 3.96. The number of sulfonamides is 1. The molecule has 0 saturated heterocycles. The molecule has 0 heterocycles. The molecule has 0 fully saturated rings. The molecule has 1 N–H and O–H groups in total. The van der Waals surface area contributed by atoms with Gasteiger partial charge in [0.2, 0.25) is 0 Å². The van der Waals surface area contributed by atoms with Crippen molar-refractivity contribution in [3.63, 3.8) is 0 Å². The molecule has 0 bridgehead atoms. The van der Waals surface area contributed by atoms with Crippen LogP contribution in [0.1, 0.15) is 59.5 Å². The molecule has 8 heteroatoms. The minimum atomic E-state index is -3.95. The second-order valence-electron chi connectivity index (χ2n) is 7.58. The molecule has 7 nitrogen and oxygen atoms in total. The van der Waals surface area contributed by atoms with Crippen LogP contribution >= 0.6 is 0 Å². The number of benzene rings is 2. The highest BCUT2D eigenvalue weighted by atomic mass is 32.2. The molecule has 0 aromatic heterocycles. The summed E-state index contributed by atoms with van der Waals surface area (Å²) in [4.78, 5) is 24.9. The molecular weight excluding hydrogens is 406 g/mol. The van der Waals surface area contributed by atoms with Crippen LogP contribution in [-0.4, -0.2) is 32.6 Å². The molecule has 0 aliphatic heterocycles. The van der Waals surface area contributed by atoms with Crippen LogP contribution in [0.15, 0.2) is 41.3 Å². The van der Waals surface area contributed by atoms with Gasteiger partial charge in [-0.05, 0) is 71.4 Å². The van der Waals surface area contributed by atoms with Crippen molar-refractivity contribution in [1.29, 1.82) is 0 Å². The van der Waals surface area contributed by atoms with E-state index in [2.05, 4.69) is 4.72 Å². The fourth-order valence-corrected chi connectivity index (χ4v) is 4.07. The monoisotopic (exact) mass is 433 g/mol. The Balaban J connectivity index is 2.49. The first-order chi connectivity index (χ1) is 13.9. The molecule has 30 heavy (non-hydrogen) atoms. The van der Waals surface area contributed by atoms with E-state index in [1.807, 2.05) is 6.92 Å². The van der Waals surface area contributed by atoms with E-state index in [1.165, 1.54) is 24.3 Å². The number of hydrogen-bond acceptors (Lipinski definition) is 6. The predicted molar refractivity (Wildman–Crippen MR) is 114 cm³/mol. The van der Waals surface area contributed by atoms with E-state index in [0.29, 0.717) is 5.56 Å². The lowest BCUT2D eigenvalue weighted by Gasteiger charge is -2.15. The van der Waals surface area contributed by atoms with Crippen molar-refractivity contribution in [3.8, 4) is 0 Å². The molecule has 0 amide bonds. The number of aryl methyl sites for hydroxylation is 2. The summed E-state index contributed by atoms with van der Waals surface area (Å²) < 4.78 is 38.6. The highest BCUT2D eigenvalue weighted by molar-refractivity contribution is 7.92. The van der Waals surface area contributed by atoms with Crippen molar-refractivity contribution in [2.45, 2.75) is 58.6 Å². The van der Waals surface area contributed by atoms with Gasteiger partial charge >= 0.3 is 11.9 Å². The molecule has 0 radical (unpaired) electrons. The summed E-state index contributed by atoms with van der Waals surface area (Å²) in [6.45, 7) is 10.3. The van der Waals surface area contributed by atoms with Gasteiger partial charge in [-0.15, -0.1) is 0 Å². The van der Waals surface area contributed by atoms with Crippen LogP contribution in [0.2, 0.25) is 0 Å². The molecule has 0 atom stereocenters. The first-order valence-electron chi connectivity index (χ1n) is 9.56. The van der Waals surface area contributed by atoms with Gasteiger partial charge in [-0.25, -0.2) is 18.0 Å². The Bertz CT molecular complexity index is 1020. The summed E-state index contributed by atoms with van der Waals surface area (Å²) in [5.41, 5.74) is 1.66. The van der Waals surface area contributed by atoms with Crippen molar-refractivity contribution in [1.82, 2.24) is 0 Å². The summed E-state index contributed by atoms with van der Waals surface area (Å²) in [5, 5.41) is 0. The Morgan fingerprint density at radius 1 is 0.833 bits per heavy atom. The largest absolute Gasteiger partial charge is 0.459 e. The van der Waals surface area contributed by atoms with Gasteiger partial charge in [0.25, 0.3) is 10.0 Å². The van der Waals surface area contributed by atoms with E-state index in [4.69, 9.17) is 9.47 Å². The molecule has 2 aromatic carbocycles. The number of carbonyl (C=O) groups excluding carboxylic acids is 2. The van der Waals surface area contributed by atoms with E-state index >= 15 is 0 Å². The summed E-state index contributed by atoms with van der Waals surface area (Å²) in [6.07, 6.45) is -0.752. The quantitative estimate of drug-likeness (QED) is 0.656. The molecular formula is C22H27NO6S. The van der Waals surface area contributed by atoms with Crippen LogP contribution in [0.4, 0.5) is 5.69 Å². The van der Waals surface area contributed by atoms with Gasteiger partial charge in [0.1, 0.15) is 0 Å². The zero-order valence-corrected chi connectivity index (χ0v) is 18.8. The van der Waals surface area contributed by atoms with Crippen molar-refractivity contribution in [2.24, 2.45) is 0 Å². The third-order valence-corrected chi connectivity index (χ3v) is 5.50. The SMILES string of the molecule is Cc1ccc(S(=O)(=O)Nc2cc(C(=O)OC(C)C)cc(C(=O)OC(C)C)c2)c(C)c1. The molecule has 0 spiro atoms. The first-order valence-corrected chi connectivity index (χ1v) is 11.0. The molecule has 0 aliphatic carbocycles. The second kappa shape index (κ2) is 9.30. The third kappa shape index (κ3) is 6.06. The highest BCUT2D eigenvalue weighted by Gasteiger charge is 2.21. The number of anilines is 1. The van der Waals surface area contributed by atoms with Gasteiger partial charge in [0.15, 0.2) is 0 Å². The van der Waals surface area contributed by atoms with Gasteiger partial charge in [0.05, 0.1) is 33.9 Å². The van der Waals surface area contributed by atoms with Crippen LogP contribution in [0.5, 0.6) is 0 Å². The van der Waals surface area contributed by atoms with Crippen LogP contribution < -0.4 is 4.72 Å².